The van der Waals surface area contributed by atoms with Crippen LogP contribution in [0, 0.1) is 11.8 Å². The van der Waals surface area contributed by atoms with Gasteiger partial charge in [0.05, 0.1) is 12.2 Å². The predicted molar refractivity (Wildman–Crippen MR) is 97.4 cm³/mol. The van der Waals surface area contributed by atoms with Gasteiger partial charge in [0.2, 0.25) is 5.91 Å². The summed E-state index contributed by atoms with van der Waals surface area (Å²) in [6.45, 7) is 2.43. The first-order valence-electron chi connectivity index (χ1n) is 9.46. The molecule has 1 aromatic carbocycles. The van der Waals surface area contributed by atoms with Crippen LogP contribution in [0.4, 0.5) is 5.69 Å². The van der Waals surface area contributed by atoms with Crippen molar-refractivity contribution < 1.29 is 14.3 Å². The van der Waals surface area contributed by atoms with Crippen LogP contribution >= 0.6 is 0 Å². The molecule has 5 nitrogen and oxygen atoms in total. The van der Waals surface area contributed by atoms with Gasteiger partial charge in [0.15, 0.2) is 6.10 Å². The number of unbranched alkanes of at least 4 members (excludes halogenated alkanes) is 1. The average molecular weight is 344 g/mol. The fourth-order valence-corrected chi connectivity index (χ4v) is 4.00. The molecule has 1 atom stereocenters. The summed E-state index contributed by atoms with van der Waals surface area (Å²) in [7, 11) is 0. The molecule has 1 fully saturated rings. The molecule has 1 aromatic rings. The van der Waals surface area contributed by atoms with Crippen molar-refractivity contribution in [3.05, 3.63) is 24.3 Å². The number of amides is 2. The molecule has 136 valence electrons. The highest BCUT2D eigenvalue weighted by Gasteiger charge is 2.36. The number of carbonyl (C=O) groups excluding carboxylic acids is 2. The van der Waals surface area contributed by atoms with E-state index >= 15 is 0 Å². The number of nitrogens with two attached hydrogens (primary N) is 1. The first-order valence-corrected chi connectivity index (χ1v) is 9.46. The minimum atomic E-state index is -0.778. The number of hydrogen-bond donors (Lipinski definition) is 1. The van der Waals surface area contributed by atoms with E-state index in [9.17, 15) is 9.59 Å². The van der Waals surface area contributed by atoms with Crippen molar-refractivity contribution in [2.45, 2.75) is 58.0 Å². The Morgan fingerprint density at radius 2 is 1.92 bits per heavy atom. The molecule has 0 saturated heterocycles. The first-order chi connectivity index (χ1) is 12.1. The minimum Gasteiger partial charge on any atom is -0.477 e. The van der Waals surface area contributed by atoms with Crippen LogP contribution in [0.3, 0.4) is 0 Å². The number of ether oxygens (including phenoxy) is 1. The molecular formula is C20H28N2O3. The van der Waals surface area contributed by atoms with Gasteiger partial charge in [-0.05, 0) is 43.7 Å². The summed E-state index contributed by atoms with van der Waals surface area (Å²) in [5, 5.41) is 0. The van der Waals surface area contributed by atoms with Gasteiger partial charge >= 0.3 is 0 Å². The van der Waals surface area contributed by atoms with Crippen molar-refractivity contribution in [3.63, 3.8) is 0 Å². The van der Waals surface area contributed by atoms with Crippen LogP contribution in [0.25, 0.3) is 0 Å². The fraction of sp³-hybridized carbons (Fsp3) is 0.600. The monoisotopic (exact) mass is 344 g/mol. The van der Waals surface area contributed by atoms with E-state index in [1.807, 2.05) is 18.2 Å². The number of anilines is 1. The van der Waals surface area contributed by atoms with Crippen molar-refractivity contribution in [1.29, 1.82) is 0 Å². The number of para-hydroxylation sites is 2. The number of rotatable bonds is 5. The third-order valence-electron chi connectivity index (χ3n) is 5.52. The van der Waals surface area contributed by atoms with Gasteiger partial charge in [-0.2, -0.15) is 0 Å². The molecule has 2 aliphatic rings. The van der Waals surface area contributed by atoms with Crippen LogP contribution in [-0.2, 0) is 9.59 Å². The van der Waals surface area contributed by atoms with E-state index in [-0.39, 0.29) is 18.4 Å². The van der Waals surface area contributed by atoms with Crippen molar-refractivity contribution >= 4 is 17.5 Å². The maximum atomic E-state index is 13.1. The summed E-state index contributed by atoms with van der Waals surface area (Å²) in [5.41, 5.74) is 6.18. The highest BCUT2D eigenvalue weighted by Crippen LogP contribution is 2.37. The molecule has 3 rings (SSSR count). The van der Waals surface area contributed by atoms with E-state index in [1.54, 1.807) is 11.0 Å². The zero-order valence-corrected chi connectivity index (χ0v) is 14.9. The van der Waals surface area contributed by atoms with Gasteiger partial charge in [-0.25, -0.2) is 0 Å². The van der Waals surface area contributed by atoms with E-state index in [1.165, 1.54) is 19.3 Å². The summed E-state index contributed by atoms with van der Waals surface area (Å²) in [6.07, 6.45) is 7.14. The van der Waals surface area contributed by atoms with Gasteiger partial charge in [-0.15, -0.1) is 0 Å². The lowest BCUT2D eigenvalue weighted by molar-refractivity contribution is -0.126. The third-order valence-corrected chi connectivity index (χ3v) is 5.52. The predicted octanol–water partition coefficient (Wildman–Crippen LogP) is 3.26. The van der Waals surface area contributed by atoms with Gasteiger partial charge in [0.25, 0.3) is 5.91 Å². The van der Waals surface area contributed by atoms with E-state index in [0.29, 0.717) is 5.75 Å². The van der Waals surface area contributed by atoms with E-state index in [2.05, 4.69) is 6.92 Å². The molecule has 0 radical (unpaired) electrons. The molecule has 0 unspecified atom stereocenters. The molecule has 2 N–H and O–H groups in total. The Bertz CT molecular complexity index is 623. The van der Waals surface area contributed by atoms with E-state index in [0.717, 1.165) is 37.3 Å². The van der Waals surface area contributed by atoms with Crippen molar-refractivity contribution in [2.24, 2.45) is 17.6 Å². The maximum absolute atomic E-state index is 13.1. The van der Waals surface area contributed by atoms with Crippen LogP contribution in [0.2, 0.25) is 0 Å². The molecule has 5 heteroatoms. The first kappa shape index (κ1) is 17.8. The topological polar surface area (TPSA) is 72.6 Å². The zero-order valence-electron chi connectivity index (χ0n) is 14.9. The lowest BCUT2D eigenvalue weighted by Crippen LogP contribution is -2.51. The van der Waals surface area contributed by atoms with Gasteiger partial charge in [-0.1, -0.05) is 38.3 Å². The van der Waals surface area contributed by atoms with Crippen LogP contribution in [-0.4, -0.2) is 24.5 Å². The maximum Gasteiger partial charge on any atom is 0.260 e. The van der Waals surface area contributed by atoms with Crippen molar-refractivity contribution in [3.8, 4) is 5.75 Å². The van der Waals surface area contributed by atoms with Gasteiger partial charge in [-0.3, -0.25) is 9.59 Å². The SMILES string of the molecule is CCCCC1CCC(C(=O)N2C[C@H](C(N)=O)Oc3ccccc32)CC1. The second kappa shape index (κ2) is 7.89. The van der Waals surface area contributed by atoms with Crippen LogP contribution in [0.5, 0.6) is 5.75 Å². The molecule has 0 bridgehead atoms. The van der Waals surface area contributed by atoms with Gasteiger partial charge in [0.1, 0.15) is 5.75 Å². The summed E-state index contributed by atoms with van der Waals surface area (Å²) < 4.78 is 5.65. The summed E-state index contributed by atoms with van der Waals surface area (Å²) in [4.78, 5) is 26.4. The number of benzene rings is 1. The summed E-state index contributed by atoms with van der Waals surface area (Å²) in [6, 6.07) is 7.38. The standard InChI is InChI=1S/C20H28N2O3/c1-2-3-6-14-9-11-15(12-10-14)20(24)22-13-18(19(21)23)25-17-8-5-4-7-16(17)22/h4-5,7-8,14-15,18H,2-3,6,9-13H2,1H3,(H2,21,23)/t14?,15?,18-/m1/s1. The molecule has 1 heterocycles. The number of hydrogen-bond acceptors (Lipinski definition) is 3. The van der Waals surface area contributed by atoms with Crippen LogP contribution in [0.15, 0.2) is 24.3 Å². The molecule has 0 aromatic heterocycles. The van der Waals surface area contributed by atoms with E-state index in [4.69, 9.17) is 10.5 Å². The number of nitrogens with zero attached hydrogens (tertiary/aromatic N) is 1. The largest absolute Gasteiger partial charge is 0.477 e. The van der Waals surface area contributed by atoms with Crippen molar-refractivity contribution in [2.75, 3.05) is 11.4 Å². The lowest BCUT2D eigenvalue weighted by Gasteiger charge is -2.37. The highest BCUT2D eigenvalue weighted by molar-refractivity contribution is 5.98. The second-order valence-electron chi connectivity index (χ2n) is 7.29. The number of primary amides is 1. The van der Waals surface area contributed by atoms with E-state index < -0.39 is 12.0 Å². The normalized spacial score (nSPS) is 25.8. The average Bonchev–Trinajstić information content (AvgIpc) is 2.65. The van der Waals surface area contributed by atoms with Gasteiger partial charge in [0, 0.05) is 5.92 Å². The van der Waals surface area contributed by atoms with Crippen molar-refractivity contribution in [1.82, 2.24) is 0 Å². The smallest absolute Gasteiger partial charge is 0.260 e. The quantitative estimate of drug-likeness (QED) is 0.891. The Hall–Kier alpha value is -2.04. The molecule has 1 aliphatic heterocycles. The highest BCUT2D eigenvalue weighted by atomic mass is 16.5. The number of carbonyl (C=O) groups is 2. The molecular weight excluding hydrogens is 316 g/mol. The summed E-state index contributed by atoms with van der Waals surface area (Å²) in [5.74, 6) is 0.936. The van der Waals surface area contributed by atoms with Gasteiger partial charge < -0.3 is 15.4 Å². The Kier molecular flexibility index (Phi) is 5.61. The Morgan fingerprint density at radius 1 is 1.20 bits per heavy atom. The zero-order chi connectivity index (χ0) is 17.8. The lowest BCUT2D eigenvalue weighted by atomic mass is 9.79. The third kappa shape index (κ3) is 3.97. The Morgan fingerprint density at radius 3 is 2.60 bits per heavy atom. The Labute approximate surface area is 149 Å². The molecule has 2 amide bonds. The molecule has 25 heavy (non-hydrogen) atoms. The number of fused-ring (bicyclic) bond motifs is 1. The molecule has 0 spiro atoms. The van der Waals surface area contributed by atoms with Crippen LogP contribution < -0.4 is 15.4 Å². The summed E-state index contributed by atoms with van der Waals surface area (Å²) >= 11 is 0. The molecule has 1 saturated carbocycles. The Balaban J connectivity index is 1.70. The minimum absolute atomic E-state index is 0.0394. The second-order valence-corrected chi connectivity index (χ2v) is 7.29. The molecule has 1 aliphatic carbocycles. The van der Waals surface area contributed by atoms with Crippen LogP contribution in [0.1, 0.15) is 51.9 Å². The fourth-order valence-electron chi connectivity index (χ4n) is 4.00.